The summed E-state index contributed by atoms with van der Waals surface area (Å²) in [7, 11) is 0. The predicted molar refractivity (Wildman–Crippen MR) is 71.4 cm³/mol. The molecule has 1 N–H and O–H groups in total. The smallest absolute Gasteiger partial charge is 0.242 e. The molecular formula is C14H24N2O3. The molecule has 2 amide bonds. The lowest BCUT2D eigenvalue weighted by Crippen LogP contribution is -2.54. The van der Waals surface area contributed by atoms with Gasteiger partial charge in [0.2, 0.25) is 11.8 Å². The molecule has 1 heterocycles. The Labute approximate surface area is 114 Å². The van der Waals surface area contributed by atoms with Crippen LogP contribution in [-0.4, -0.2) is 59.0 Å². The second kappa shape index (κ2) is 6.37. The minimum atomic E-state index is -0.216. The van der Waals surface area contributed by atoms with Crippen molar-refractivity contribution in [1.29, 1.82) is 0 Å². The molecule has 108 valence electrons. The zero-order valence-corrected chi connectivity index (χ0v) is 11.7. The quantitative estimate of drug-likeness (QED) is 0.795. The lowest BCUT2D eigenvalue weighted by Gasteiger charge is -2.34. The lowest BCUT2D eigenvalue weighted by molar-refractivity contribution is -0.150. The fourth-order valence-corrected chi connectivity index (χ4v) is 3.06. The van der Waals surface area contributed by atoms with Crippen molar-refractivity contribution in [2.45, 2.75) is 45.1 Å². The van der Waals surface area contributed by atoms with Gasteiger partial charge in [0.15, 0.2) is 0 Å². The molecule has 2 fully saturated rings. The second-order valence-electron chi connectivity index (χ2n) is 5.68. The molecule has 0 aromatic carbocycles. The minimum absolute atomic E-state index is 0.0422. The number of aliphatic hydroxyl groups excluding tert-OH is 1. The highest BCUT2D eigenvalue weighted by molar-refractivity contribution is 5.92. The molecule has 0 radical (unpaired) electrons. The van der Waals surface area contributed by atoms with Crippen LogP contribution in [0, 0.1) is 5.92 Å². The maximum Gasteiger partial charge on any atom is 0.242 e. The molecule has 2 atom stereocenters. The molecule has 2 unspecified atom stereocenters. The Morgan fingerprint density at radius 1 is 1.11 bits per heavy atom. The molecule has 0 aromatic heterocycles. The minimum Gasteiger partial charge on any atom is -0.393 e. The van der Waals surface area contributed by atoms with E-state index in [9.17, 15) is 14.7 Å². The second-order valence-corrected chi connectivity index (χ2v) is 5.68. The predicted octanol–water partition coefficient (Wildman–Crippen LogP) is 0.618. The number of hydrogen-bond donors (Lipinski definition) is 1. The molecule has 1 aliphatic carbocycles. The van der Waals surface area contributed by atoms with Crippen LogP contribution in [0.15, 0.2) is 0 Å². The summed E-state index contributed by atoms with van der Waals surface area (Å²) in [6.45, 7) is 3.71. The van der Waals surface area contributed by atoms with Crippen molar-refractivity contribution in [1.82, 2.24) is 9.80 Å². The first-order valence-corrected chi connectivity index (χ1v) is 7.35. The molecule has 5 nitrogen and oxygen atoms in total. The maximum absolute atomic E-state index is 12.0. The van der Waals surface area contributed by atoms with Crippen LogP contribution in [0.1, 0.15) is 39.0 Å². The largest absolute Gasteiger partial charge is 0.393 e. The van der Waals surface area contributed by atoms with Crippen LogP contribution in [0.2, 0.25) is 0 Å². The van der Waals surface area contributed by atoms with Crippen LogP contribution < -0.4 is 0 Å². The number of amides is 2. The molecule has 1 aliphatic heterocycles. The summed E-state index contributed by atoms with van der Waals surface area (Å²) in [5, 5.41) is 9.77. The van der Waals surface area contributed by atoms with Crippen molar-refractivity contribution in [3.05, 3.63) is 0 Å². The van der Waals surface area contributed by atoms with Crippen LogP contribution in [0.25, 0.3) is 0 Å². The van der Waals surface area contributed by atoms with Gasteiger partial charge < -0.3 is 14.9 Å². The summed E-state index contributed by atoms with van der Waals surface area (Å²) in [6.07, 6.45) is 4.47. The van der Waals surface area contributed by atoms with Crippen LogP contribution in [-0.2, 0) is 9.59 Å². The van der Waals surface area contributed by atoms with E-state index >= 15 is 0 Å². The van der Waals surface area contributed by atoms with Gasteiger partial charge in [0.1, 0.15) is 0 Å². The fourth-order valence-electron chi connectivity index (χ4n) is 3.06. The van der Waals surface area contributed by atoms with Gasteiger partial charge in [-0.3, -0.25) is 9.59 Å². The van der Waals surface area contributed by atoms with Crippen LogP contribution in [0.4, 0.5) is 0 Å². The Morgan fingerprint density at radius 2 is 1.74 bits per heavy atom. The van der Waals surface area contributed by atoms with Crippen molar-refractivity contribution in [2.24, 2.45) is 5.92 Å². The van der Waals surface area contributed by atoms with E-state index in [1.807, 2.05) is 6.92 Å². The fraction of sp³-hybridized carbons (Fsp3) is 0.857. The standard InChI is InChI=1S/C14H24N2O3/c1-2-7-15-9-14(19)16(10-13(15)18)8-6-11-4-3-5-12(11)17/h11-12,17H,2-10H2,1H3. The third-order valence-corrected chi connectivity index (χ3v) is 4.24. The van der Waals surface area contributed by atoms with Crippen molar-refractivity contribution in [2.75, 3.05) is 26.2 Å². The van der Waals surface area contributed by atoms with Gasteiger partial charge in [0, 0.05) is 13.1 Å². The van der Waals surface area contributed by atoms with E-state index < -0.39 is 0 Å². The van der Waals surface area contributed by atoms with Crippen molar-refractivity contribution < 1.29 is 14.7 Å². The van der Waals surface area contributed by atoms with Crippen LogP contribution in [0.5, 0.6) is 0 Å². The number of carbonyl (C=O) groups is 2. The normalized spacial score (nSPS) is 28.3. The van der Waals surface area contributed by atoms with E-state index in [1.165, 1.54) is 0 Å². The first-order valence-electron chi connectivity index (χ1n) is 7.35. The zero-order chi connectivity index (χ0) is 13.8. The molecule has 2 aliphatic rings. The average Bonchev–Trinajstić information content (AvgIpc) is 2.78. The van der Waals surface area contributed by atoms with Gasteiger partial charge in [-0.2, -0.15) is 0 Å². The topological polar surface area (TPSA) is 60.9 Å². The van der Waals surface area contributed by atoms with E-state index in [1.54, 1.807) is 9.80 Å². The van der Waals surface area contributed by atoms with Crippen molar-refractivity contribution >= 4 is 11.8 Å². The Morgan fingerprint density at radius 3 is 2.26 bits per heavy atom. The van der Waals surface area contributed by atoms with Gasteiger partial charge in [-0.25, -0.2) is 0 Å². The Bertz CT molecular complexity index is 346. The van der Waals surface area contributed by atoms with Gasteiger partial charge in [0.05, 0.1) is 19.2 Å². The maximum atomic E-state index is 12.0. The van der Waals surface area contributed by atoms with Gasteiger partial charge in [-0.05, 0) is 31.6 Å². The highest BCUT2D eigenvalue weighted by Crippen LogP contribution is 2.28. The van der Waals surface area contributed by atoms with Gasteiger partial charge in [-0.1, -0.05) is 13.3 Å². The van der Waals surface area contributed by atoms with Crippen LogP contribution in [0.3, 0.4) is 0 Å². The summed E-state index contributed by atoms with van der Waals surface area (Å²) in [5.74, 6) is 0.394. The van der Waals surface area contributed by atoms with Gasteiger partial charge in [0.25, 0.3) is 0 Å². The number of carbonyl (C=O) groups excluding carboxylic acids is 2. The van der Waals surface area contributed by atoms with Crippen molar-refractivity contribution in [3.63, 3.8) is 0 Å². The first-order chi connectivity index (χ1) is 9.11. The first kappa shape index (κ1) is 14.3. The van der Waals surface area contributed by atoms with E-state index in [2.05, 4.69) is 0 Å². The number of hydrogen-bond acceptors (Lipinski definition) is 3. The Kier molecular flexibility index (Phi) is 4.80. The van der Waals surface area contributed by atoms with Gasteiger partial charge in [-0.15, -0.1) is 0 Å². The van der Waals surface area contributed by atoms with Gasteiger partial charge >= 0.3 is 0 Å². The van der Waals surface area contributed by atoms with E-state index in [4.69, 9.17) is 0 Å². The Hall–Kier alpha value is -1.10. The summed E-state index contributed by atoms with van der Waals surface area (Å²) >= 11 is 0. The number of nitrogens with zero attached hydrogens (tertiary/aromatic N) is 2. The molecule has 0 spiro atoms. The summed E-state index contributed by atoms with van der Waals surface area (Å²) in [6, 6.07) is 0. The molecule has 2 rings (SSSR count). The number of rotatable bonds is 5. The van der Waals surface area contributed by atoms with Crippen molar-refractivity contribution in [3.8, 4) is 0 Å². The molecular weight excluding hydrogens is 244 g/mol. The molecule has 0 aromatic rings. The Balaban J connectivity index is 1.81. The highest BCUT2D eigenvalue weighted by Gasteiger charge is 2.31. The zero-order valence-electron chi connectivity index (χ0n) is 11.7. The molecule has 5 heteroatoms. The monoisotopic (exact) mass is 268 g/mol. The number of piperazine rings is 1. The summed E-state index contributed by atoms with van der Waals surface area (Å²) in [5.41, 5.74) is 0. The molecule has 19 heavy (non-hydrogen) atoms. The highest BCUT2D eigenvalue weighted by atomic mass is 16.3. The van der Waals surface area contributed by atoms with E-state index in [-0.39, 0.29) is 31.0 Å². The number of aliphatic hydroxyl groups is 1. The third-order valence-electron chi connectivity index (χ3n) is 4.24. The van der Waals surface area contributed by atoms with E-state index in [0.29, 0.717) is 19.0 Å². The third kappa shape index (κ3) is 3.47. The van der Waals surface area contributed by atoms with E-state index in [0.717, 1.165) is 32.1 Å². The molecule has 1 saturated heterocycles. The lowest BCUT2D eigenvalue weighted by atomic mass is 10.0. The summed E-state index contributed by atoms with van der Waals surface area (Å²) < 4.78 is 0. The molecule has 0 bridgehead atoms. The SMILES string of the molecule is CCCN1CC(=O)N(CCC2CCCC2O)CC1=O. The van der Waals surface area contributed by atoms with Crippen LogP contribution >= 0.6 is 0 Å². The summed E-state index contributed by atoms with van der Waals surface area (Å²) in [4.78, 5) is 27.2. The average molecular weight is 268 g/mol. The molecule has 1 saturated carbocycles.